The van der Waals surface area contributed by atoms with Crippen LogP contribution in [0.15, 0.2) is 29.0 Å². The molecule has 0 unspecified atom stereocenters. The first-order chi connectivity index (χ1) is 9.28. The lowest BCUT2D eigenvalue weighted by Crippen LogP contribution is -2.24. The van der Waals surface area contributed by atoms with Gasteiger partial charge in [-0.3, -0.25) is 9.78 Å². The molecule has 0 aliphatic rings. The number of aromatic nitrogens is 3. The summed E-state index contributed by atoms with van der Waals surface area (Å²) in [6.45, 7) is 0.250. The summed E-state index contributed by atoms with van der Waals surface area (Å²) in [5.41, 5.74) is 0.869. The number of nitrogens with zero attached hydrogens (tertiary/aromatic N) is 3. The number of carbonyl (C=O) groups is 1. The minimum atomic E-state index is -0.0994. The fourth-order valence-corrected chi connectivity index (χ4v) is 1.85. The molecule has 100 valence electrons. The molecule has 0 saturated heterocycles. The quantitative estimate of drug-likeness (QED) is 0.854. The standard InChI is InChI=1S/C12H14N4O2S/c1-19-8-10-15-12(18-16-10)7-14-11(17)5-9-3-2-4-13-6-9/h2-4,6H,5,7-8H2,1H3,(H,14,17). The number of hydrogen-bond donors (Lipinski definition) is 1. The Labute approximate surface area is 115 Å². The first kappa shape index (κ1) is 13.5. The van der Waals surface area contributed by atoms with Crippen molar-refractivity contribution in [1.29, 1.82) is 0 Å². The van der Waals surface area contributed by atoms with Gasteiger partial charge in [0.2, 0.25) is 11.8 Å². The van der Waals surface area contributed by atoms with Crippen LogP contribution in [0.5, 0.6) is 0 Å². The van der Waals surface area contributed by atoms with Gasteiger partial charge in [0.1, 0.15) is 0 Å². The Balaban J connectivity index is 1.79. The SMILES string of the molecule is CSCc1noc(CNC(=O)Cc2cccnc2)n1. The van der Waals surface area contributed by atoms with Crippen LogP contribution in [0.1, 0.15) is 17.3 Å². The normalized spacial score (nSPS) is 10.4. The van der Waals surface area contributed by atoms with Gasteiger partial charge in [-0.1, -0.05) is 11.2 Å². The van der Waals surface area contributed by atoms with Crippen LogP contribution < -0.4 is 5.32 Å². The first-order valence-electron chi connectivity index (χ1n) is 5.74. The van der Waals surface area contributed by atoms with Crippen LogP contribution in [-0.4, -0.2) is 27.3 Å². The number of carbonyl (C=O) groups excluding carboxylic acids is 1. The van der Waals surface area contributed by atoms with Crippen LogP contribution >= 0.6 is 11.8 Å². The summed E-state index contributed by atoms with van der Waals surface area (Å²) in [6.07, 6.45) is 5.60. The van der Waals surface area contributed by atoms with Crippen LogP contribution in [0, 0.1) is 0 Å². The van der Waals surface area contributed by atoms with Crippen LogP contribution in [0.3, 0.4) is 0 Å². The fourth-order valence-electron chi connectivity index (χ4n) is 1.47. The highest BCUT2D eigenvalue weighted by Gasteiger charge is 2.08. The number of pyridine rings is 1. The van der Waals surface area contributed by atoms with Gasteiger partial charge in [0.15, 0.2) is 5.82 Å². The summed E-state index contributed by atoms with van der Waals surface area (Å²) in [7, 11) is 0. The van der Waals surface area contributed by atoms with Crippen molar-refractivity contribution in [2.24, 2.45) is 0 Å². The van der Waals surface area contributed by atoms with E-state index >= 15 is 0 Å². The van der Waals surface area contributed by atoms with E-state index in [-0.39, 0.29) is 12.5 Å². The topological polar surface area (TPSA) is 80.9 Å². The van der Waals surface area contributed by atoms with Crippen molar-refractivity contribution in [3.63, 3.8) is 0 Å². The van der Waals surface area contributed by atoms with Gasteiger partial charge in [0.05, 0.1) is 18.7 Å². The molecule has 1 amide bonds. The molecular formula is C12H14N4O2S. The zero-order chi connectivity index (χ0) is 13.5. The van der Waals surface area contributed by atoms with Crippen LogP contribution in [0.25, 0.3) is 0 Å². The van der Waals surface area contributed by atoms with Crippen molar-refractivity contribution in [3.05, 3.63) is 41.8 Å². The summed E-state index contributed by atoms with van der Waals surface area (Å²) < 4.78 is 5.02. The lowest BCUT2D eigenvalue weighted by atomic mass is 10.2. The fraction of sp³-hybridized carbons (Fsp3) is 0.333. The predicted molar refractivity (Wildman–Crippen MR) is 71.3 cm³/mol. The minimum absolute atomic E-state index is 0.0994. The van der Waals surface area contributed by atoms with Crippen molar-refractivity contribution >= 4 is 17.7 Å². The number of hydrogen-bond acceptors (Lipinski definition) is 6. The van der Waals surface area contributed by atoms with Gasteiger partial charge in [-0.25, -0.2) is 0 Å². The number of rotatable bonds is 6. The van der Waals surface area contributed by atoms with Crippen molar-refractivity contribution in [2.75, 3.05) is 6.26 Å². The second-order valence-corrected chi connectivity index (χ2v) is 4.72. The second kappa shape index (κ2) is 6.89. The molecule has 2 heterocycles. The van der Waals surface area contributed by atoms with E-state index in [2.05, 4.69) is 20.4 Å². The third-order valence-corrected chi connectivity index (χ3v) is 2.85. The van der Waals surface area contributed by atoms with Crippen molar-refractivity contribution in [2.45, 2.75) is 18.7 Å². The Bertz CT molecular complexity index is 530. The molecule has 0 aliphatic carbocycles. The molecule has 0 bridgehead atoms. The molecule has 0 aliphatic heterocycles. The molecule has 0 atom stereocenters. The maximum Gasteiger partial charge on any atom is 0.246 e. The molecule has 0 saturated carbocycles. The zero-order valence-corrected chi connectivity index (χ0v) is 11.3. The third kappa shape index (κ3) is 4.36. The van der Waals surface area contributed by atoms with E-state index < -0.39 is 0 Å². The second-order valence-electron chi connectivity index (χ2n) is 3.85. The van der Waals surface area contributed by atoms with E-state index in [1.165, 1.54) is 0 Å². The van der Waals surface area contributed by atoms with E-state index in [1.54, 1.807) is 30.2 Å². The van der Waals surface area contributed by atoms with Gasteiger partial charge in [0, 0.05) is 12.4 Å². The van der Waals surface area contributed by atoms with E-state index in [9.17, 15) is 4.79 Å². The maximum absolute atomic E-state index is 11.7. The Kier molecular flexibility index (Phi) is 4.91. The number of nitrogens with one attached hydrogen (secondary N) is 1. The van der Waals surface area contributed by atoms with E-state index in [4.69, 9.17) is 4.52 Å². The van der Waals surface area contributed by atoms with Crippen molar-refractivity contribution in [3.8, 4) is 0 Å². The van der Waals surface area contributed by atoms with Crippen LogP contribution in [0.2, 0.25) is 0 Å². The first-order valence-corrected chi connectivity index (χ1v) is 7.13. The van der Waals surface area contributed by atoms with Gasteiger partial charge in [-0.15, -0.1) is 0 Å². The van der Waals surface area contributed by atoms with Crippen LogP contribution in [0.4, 0.5) is 0 Å². The molecule has 0 aromatic carbocycles. The molecule has 0 radical (unpaired) electrons. The van der Waals surface area contributed by atoms with Gasteiger partial charge in [-0.2, -0.15) is 16.7 Å². The van der Waals surface area contributed by atoms with Crippen LogP contribution in [-0.2, 0) is 23.5 Å². The monoisotopic (exact) mass is 278 g/mol. The summed E-state index contributed by atoms with van der Waals surface area (Å²) in [4.78, 5) is 19.8. The minimum Gasteiger partial charge on any atom is -0.347 e. The predicted octanol–water partition coefficient (Wildman–Crippen LogP) is 1.19. The molecule has 19 heavy (non-hydrogen) atoms. The lowest BCUT2D eigenvalue weighted by molar-refractivity contribution is -0.120. The van der Waals surface area contributed by atoms with Crippen molar-refractivity contribution in [1.82, 2.24) is 20.4 Å². The van der Waals surface area contributed by atoms with Gasteiger partial charge >= 0.3 is 0 Å². The van der Waals surface area contributed by atoms with Gasteiger partial charge in [0.25, 0.3) is 0 Å². The van der Waals surface area contributed by atoms with Crippen molar-refractivity contribution < 1.29 is 9.32 Å². The molecule has 0 fully saturated rings. The molecule has 2 aromatic heterocycles. The van der Waals surface area contributed by atoms with E-state index in [0.29, 0.717) is 23.9 Å². The highest BCUT2D eigenvalue weighted by Crippen LogP contribution is 2.05. The highest BCUT2D eigenvalue weighted by atomic mass is 32.2. The Morgan fingerprint density at radius 2 is 2.42 bits per heavy atom. The summed E-state index contributed by atoms with van der Waals surface area (Å²) in [5.74, 6) is 1.66. The van der Waals surface area contributed by atoms with Gasteiger partial charge in [-0.05, 0) is 17.9 Å². The number of thioether (sulfide) groups is 1. The Morgan fingerprint density at radius 1 is 1.53 bits per heavy atom. The molecular weight excluding hydrogens is 264 g/mol. The number of amides is 1. The van der Waals surface area contributed by atoms with E-state index in [1.807, 2.05) is 12.3 Å². The molecule has 0 spiro atoms. The Hall–Kier alpha value is -1.89. The lowest BCUT2D eigenvalue weighted by Gasteiger charge is -2.01. The summed E-state index contributed by atoms with van der Waals surface area (Å²) in [5, 5.41) is 6.53. The third-order valence-electron chi connectivity index (χ3n) is 2.31. The van der Waals surface area contributed by atoms with E-state index in [0.717, 1.165) is 5.56 Å². The summed E-state index contributed by atoms with van der Waals surface area (Å²) >= 11 is 1.61. The molecule has 2 aromatic rings. The van der Waals surface area contributed by atoms with Gasteiger partial charge < -0.3 is 9.84 Å². The molecule has 7 heteroatoms. The zero-order valence-electron chi connectivity index (χ0n) is 10.5. The smallest absolute Gasteiger partial charge is 0.246 e. The molecule has 6 nitrogen and oxygen atoms in total. The maximum atomic E-state index is 11.7. The average molecular weight is 278 g/mol. The highest BCUT2D eigenvalue weighted by molar-refractivity contribution is 7.97. The molecule has 2 rings (SSSR count). The average Bonchev–Trinajstić information content (AvgIpc) is 2.86. The largest absolute Gasteiger partial charge is 0.347 e. The Morgan fingerprint density at radius 3 is 3.16 bits per heavy atom. The molecule has 1 N–H and O–H groups in total. The summed E-state index contributed by atoms with van der Waals surface area (Å²) in [6, 6.07) is 3.66.